The van der Waals surface area contributed by atoms with Gasteiger partial charge in [0.25, 0.3) is 0 Å². The van der Waals surface area contributed by atoms with Crippen molar-refractivity contribution in [1.82, 2.24) is 5.32 Å². The Kier molecular flexibility index (Phi) is 4.86. The zero-order valence-corrected chi connectivity index (χ0v) is 11.1. The molecule has 17 heavy (non-hydrogen) atoms. The Bertz CT molecular complexity index is 261. The largest absolute Gasteiger partial charge is 0.310 e. The van der Waals surface area contributed by atoms with Crippen molar-refractivity contribution in [3.63, 3.8) is 0 Å². The van der Waals surface area contributed by atoms with Gasteiger partial charge in [0.2, 0.25) is 0 Å². The quantitative estimate of drug-likeness (QED) is 0.757. The van der Waals surface area contributed by atoms with Gasteiger partial charge in [0, 0.05) is 12.1 Å². The molecule has 0 spiro atoms. The molecule has 0 aromatic rings. The fourth-order valence-corrected chi connectivity index (χ4v) is 3.60. The second-order valence-corrected chi connectivity index (χ2v) is 5.98. The van der Waals surface area contributed by atoms with E-state index in [1.165, 1.54) is 51.4 Å². The molecule has 0 bridgehead atoms. The molecule has 2 nitrogen and oxygen atoms in total. The summed E-state index contributed by atoms with van der Waals surface area (Å²) in [7, 11) is 0. The summed E-state index contributed by atoms with van der Waals surface area (Å²) in [6.45, 7) is 2.34. The van der Waals surface area contributed by atoms with Crippen LogP contribution < -0.4 is 5.32 Å². The Morgan fingerprint density at radius 1 is 1.00 bits per heavy atom. The SMILES string of the molecule is C[C@@H](NC1CCCC1C#N)C1CCCCCC1. The van der Waals surface area contributed by atoms with Crippen molar-refractivity contribution in [3.8, 4) is 6.07 Å². The summed E-state index contributed by atoms with van der Waals surface area (Å²) < 4.78 is 0. The van der Waals surface area contributed by atoms with Gasteiger partial charge in [0.1, 0.15) is 0 Å². The molecule has 2 saturated carbocycles. The Morgan fingerprint density at radius 2 is 1.71 bits per heavy atom. The summed E-state index contributed by atoms with van der Waals surface area (Å²) in [5.41, 5.74) is 0. The maximum Gasteiger partial charge on any atom is 0.0672 e. The van der Waals surface area contributed by atoms with Crippen molar-refractivity contribution in [2.45, 2.75) is 76.8 Å². The first kappa shape index (κ1) is 12.9. The first-order valence-electron chi connectivity index (χ1n) is 7.47. The maximum atomic E-state index is 9.11. The molecule has 0 aromatic carbocycles. The third kappa shape index (κ3) is 3.45. The van der Waals surface area contributed by atoms with Gasteiger partial charge in [-0.1, -0.05) is 32.1 Å². The Balaban J connectivity index is 1.83. The molecule has 2 aliphatic rings. The van der Waals surface area contributed by atoms with Gasteiger partial charge in [0.15, 0.2) is 0 Å². The average molecular weight is 234 g/mol. The molecule has 0 aliphatic heterocycles. The normalized spacial score (nSPS) is 32.9. The summed E-state index contributed by atoms with van der Waals surface area (Å²) in [6.07, 6.45) is 12.0. The number of nitrogens with zero attached hydrogens (tertiary/aromatic N) is 1. The second-order valence-electron chi connectivity index (χ2n) is 5.98. The topological polar surface area (TPSA) is 35.8 Å². The van der Waals surface area contributed by atoms with E-state index in [9.17, 15) is 0 Å². The van der Waals surface area contributed by atoms with E-state index >= 15 is 0 Å². The van der Waals surface area contributed by atoms with Gasteiger partial charge in [-0.05, 0) is 38.5 Å². The third-order valence-electron chi connectivity index (χ3n) is 4.77. The molecule has 2 unspecified atom stereocenters. The molecule has 1 N–H and O–H groups in total. The van der Waals surface area contributed by atoms with Crippen LogP contribution in [0, 0.1) is 23.2 Å². The van der Waals surface area contributed by atoms with Gasteiger partial charge in [-0.15, -0.1) is 0 Å². The second kappa shape index (κ2) is 6.40. The van der Waals surface area contributed by atoms with Gasteiger partial charge >= 0.3 is 0 Å². The first-order valence-corrected chi connectivity index (χ1v) is 7.47. The van der Waals surface area contributed by atoms with Gasteiger partial charge < -0.3 is 5.32 Å². The smallest absolute Gasteiger partial charge is 0.0672 e. The predicted octanol–water partition coefficient (Wildman–Crippen LogP) is 3.63. The molecule has 2 aliphatic carbocycles. The minimum atomic E-state index is 0.267. The fraction of sp³-hybridized carbons (Fsp3) is 0.933. The van der Waals surface area contributed by atoms with Crippen LogP contribution in [0.3, 0.4) is 0 Å². The highest BCUT2D eigenvalue weighted by atomic mass is 15.0. The molecule has 0 heterocycles. The van der Waals surface area contributed by atoms with Crippen molar-refractivity contribution in [3.05, 3.63) is 0 Å². The van der Waals surface area contributed by atoms with Gasteiger partial charge in [-0.3, -0.25) is 0 Å². The number of hydrogen-bond donors (Lipinski definition) is 1. The molecule has 0 amide bonds. The van der Waals surface area contributed by atoms with E-state index in [2.05, 4.69) is 18.3 Å². The maximum absolute atomic E-state index is 9.11. The van der Waals surface area contributed by atoms with E-state index in [1.807, 2.05) is 0 Å². The van der Waals surface area contributed by atoms with Crippen molar-refractivity contribution in [1.29, 1.82) is 5.26 Å². The molecular formula is C15H26N2. The lowest BCUT2D eigenvalue weighted by molar-refractivity contribution is 0.296. The molecule has 3 atom stereocenters. The number of hydrogen-bond acceptors (Lipinski definition) is 2. The Labute approximate surface area is 106 Å². The van der Waals surface area contributed by atoms with Gasteiger partial charge in [-0.2, -0.15) is 5.26 Å². The van der Waals surface area contributed by atoms with E-state index in [-0.39, 0.29) is 5.92 Å². The fourth-order valence-electron chi connectivity index (χ4n) is 3.60. The van der Waals surface area contributed by atoms with E-state index in [1.54, 1.807) is 0 Å². The summed E-state index contributed by atoms with van der Waals surface area (Å²) in [6, 6.07) is 3.55. The van der Waals surface area contributed by atoms with Crippen LogP contribution in [0.4, 0.5) is 0 Å². The molecule has 2 rings (SSSR count). The Hall–Kier alpha value is -0.550. The van der Waals surface area contributed by atoms with Crippen LogP contribution in [0.2, 0.25) is 0 Å². The molecular weight excluding hydrogens is 208 g/mol. The minimum absolute atomic E-state index is 0.267. The van der Waals surface area contributed by atoms with Crippen LogP contribution in [0.5, 0.6) is 0 Å². The van der Waals surface area contributed by atoms with Gasteiger partial charge in [-0.25, -0.2) is 0 Å². The zero-order valence-electron chi connectivity index (χ0n) is 11.1. The van der Waals surface area contributed by atoms with E-state index in [0.717, 1.165) is 12.3 Å². The van der Waals surface area contributed by atoms with Crippen LogP contribution in [0.1, 0.15) is 64.7 Å². The molecule has 0 radical (unpaired) electrons. The van der Waals surface area contributed by atoms with Crippen molar-refractivity contribution in [2.75, 3.05) is 0 Å². The highest BCUT2D eigenvalue weighted by Gasteiger charge is 2.30. The van der Waals surface area contributed by atoms with E-state index in [4.69, 9.17) is 5.26 Å². The monoisotopic (exact) mass is 234 g/mol. The van der Waals surface area contributed by atoms with Crippen molar-refractivity contribution >= 4 is 0 Å². The van der Waals surface area contributed by atoms with Gasteiger partial charge in [0.05, 0.1) is 12.0 Å². The van der Waals surface area contributed by atoms with Crippen molar-refractivity contribution < 1.29 is 0 Å². The summed E-state index contributed by atoms with van der Waals surface area (Å²) in [4.78, 5) is 0. The molecule has 0 saturated heterocycles. The van der Waals surface area contributed by atoms with Crippen LogP contribution in [0.15, 0.2) is 0 Å². The molecule has 2 fully saturated rings. The number of nitrogens with one attached hydrogen (secondary N) is 1. The summed E-state index contributed by atoms with van der Waals surface area (Å²) >= 11 is 0. The zero-order chi connectivity index (χ0) is 12.1. The lowest BCUT2D eigenvalue weighted by Crippen LogP contribution is -2.42. The number of nitriles is 1. The molecule has 96 valence electrons. The lowest BCUT2D eigenvalue weighted by atomic mass is 9.91. The highest BCUT2D eigenvalue weighted by molar-refractivity contribution is 4.97. The summed E-state index contributed by atoms with van der Waals surface area (Å²) in [5.74, 6) is 1.11. The third-order valence-corrected chi connectivity index (χ3v) is 4.77. The van der Waals surface area contributed by atoms with E-state index < -0.39 is 0 Å². The van der Waals surface area contributed by atoms with Crippen LogP contribution in [0.25, 0.3) is 0 Å². The molecule has 2 heteroatoms. The number of rotatable bonds is 3. The van der Waals surface area contributed by atoms with E-state index in [0.29, 0.717) is 12.1 Å². The Morgan fingerprint density at radius 3 is 2.35 bits per heavy atom. The predicted molar refractivity (Wildman–Crippen MR) is 70.5 cm³/mol. The highest BCUT2D eigenvalue weighted by Crippen LogP contribution is 2.29. The van der Waals surface area contributed by atoms with Crippen LogP contribution >= 0.6 is 0 Å². The minimum Gasteiger partial charge on any atom is -0.310 e. The summed E-state index contributed by atoms with van der Waals surface area (Å²) in [5, 5.41) is 12.9. The lowest BCUT2D eigenvalue weighted by Gasteiger charge is -2.28. The first-order chi connectivity index (χ1) is 8.31. The van der Waals surface area contributed by atoms with Crippen LogP contribution in [-0.4, -0.2) is 12.1 Å². The molecule has 0 aromatic heterocycles. The van der Waals surface area contributed by atoms with Crippen LogP contribution in [-0.2, 0) is 0 Å². The van der Waals surface area contributed by atoms with Crippen molar-refractivity contribution in [2.24, 2.45) is 11.8 Å². The standard InChI is InChI=1S/C15H26N2/c1-12(13-7-4-2-3-5-8-13)17-15-10-6-9-14(15)11-16/h12-15,17H,2-10H2,1H3/t12-,14?,15?/m1/s1. The average Bonchev–Trinajstić information content (AvgIpc) is 2.62.